The maximum atomic E-state index is 12.5. The first-order valence-corrected chi connectivity index (χ1v) is 4.44. The van der Waals surface area contributed by atoms with Gasteiger partial charge in [0.1, 0.15) is 5.56 Å². The first kappa shape index (κ1) is 14.3. The van der Waals surface area contributed by atoms with Gasteiger partial charge in [0, 0.05) is 6.42 Å². The van der Waals surface area contributed by atoms with E-state index in [1.165, 1.54) is 0 Å². The van der Waals surface area contributed by atoms with E-state index in [1.54, 1.807) is 5.10 Å². The number of ether oxygens (including phenoxy) is 1. The van der Waals surface area contributed by atoms with Gasteiger partial charge in [-0.05, 0) is 0 Å². The number of carbonyl (C=O) groups is 1. The fourth-order valence-corrected chi connectivity index (χ4v) is 1.28. The van der Waals surface area contributed by atoms with Gasteiger partial charge in [0.05, 0.1) is 12.3 Å². The molecule has 4 nitrogen and oxygen atoms in total. The molecule has 0 unspecified atom stereocenters. The summed E-state index contributed by atoms with van der Waals surface area (Å²) in [6.45, 7) is -0.500. The third-order valence-corrected chi connectivity index (χ3v) is 1.93. The van der Waals surface area contributed by atoms with Crippen LogP contribution in [0.3, 0.4) is 0 Å². The number of aromatic nitrogens is 2. The van der Waals surface area contributed by atoms with Crippen molar-refractivity contribution in [1.82, 2.24) is 10.2 Å². The highest BCUT2D eigenvalue weighted by atomic mass is 19.4. The summed E-state index contributed by atoms with van der Waals surface area (Å²) in [6, 6.07) is 0. The summed E-state index contributed by atoms with van der Waals surface area (Å²) in [5.74, 6) is 0. The number of nitrogens with zero attached hydrogens (tertiary/aromatic N) is 1. The van der Waals surface area contributed by atoms with Crippen LogP contribution in [-0.2, 0) is 28.3 Å². The molecule has 0 aromatic carbocycles. The van der Waals surface area contributed by atoms with Crippen molar-refractivity contribution in [3.05, 3.63) is 17.0 Å². The number of halogens is 6. The van der Waals surface area contributed by atoms with Crippen LogP contribution in [0, 0.1) is 0 Å². The van der Waals surface area contributed by atoms with Gasteiger partial charge in [0.15, 0.2) is 5.69 Å². The van der Waals surface area contributed by atoms with E-state index in [0.29, 0.717) is 0 Å². The summed E-state index contributed by atoms with van der Waals surface area (Å²) in [4.78, 5) is 9.79. The molecule has 102 valence electrons. The fourth-order valence-electron chi connectivity index (χ4n) is 1.28. The Morgan fingerprint density at radius 2 is 1.78 bits per heavy atom. The molecule has 0 bridgehead atoms. The Morgan fingerprint density at radius 1 is 1.17 bits per heavy atom. The van der Waals surface area contributed by atoms with Crippen molar-refractivity contribution in [1.29, 1.82) is 0 Å². The van der Waals surface area contributed by atoms with Gasteiger partial charge in [0.2, 0.25) is 0 Å². The van der Waals surface area contributed by atoms with E-state index in [1.807, 2.05) is 0 Å². The van der Waals surface area contributed by atoms with E-state index in [9.17, 15) is 31.1 Å². The summed E-state index contributed by atoms with van der Waals surface area (Å²) in [6.07, 6.45) is -11.0. The van der Waals surface area contributed by atoms with Crippen molar-refractivity contribution in [2.45, 2.75) is 18.8 Å². The predicted octanol–water partition coefficient (Wildman–Crippen LogP) is 2.16. The lowest BCUT2D eigenvalue weighted by atomic mass is 10.1. The minimum atomic E-state index is -5.22. The van der Waals surface area contributed by atoms with Gasteiger partial charge >= 0.3 is 12.4 Å². The van der Waals surface area contributed by atoms with E-state index in [-0.39, 0.29) is 6.47 Å². The molecule has 0 saturated heterocycles. The van der Waals surface area contributed by atoms with Crippen molar-refractivity contribution in [3.8, 4) is 0 Å². The van der Waals surface area contributed by atoms with E-state index >= 15 is 0 Å². The van der Waals surface area contributed by atoms with Crippen LogP contribution >= 0.6 is 0 Å². The zero-order chi connectivity index (χ0) is 14.0. The Morgan fingerprint density at radius 3 is 2.22 bits per heavy atom. The third kappa shape index (κ3) is 3.14. The molecule has 0 aliphatic rings. The van der Waals surface area contributed by atoms with Crippen LogP contribution in [-0.4, -0.2) is 23.3 Å². The molecule has 10 heteroatoms. The normalized spacial score (nSPS) is 12.6. The smallest absolute Gasteiger partial charge is 0.435 e. The molecule has 0 fully saturated rings. The monoisotopic (exact) mass is 276 g/mol. The van der Waals surface area contributed by atoms with Crippen molar-refractivity contribution in [3.63, 3.8) is 0 Å². The van der Waals surface area contributed by atoms with E-state index < -0.39 is 42.3 Å². The SMILES string of the molecule is O=COCCc1[nH]nc(C(F)(F)F)c1C(F)(F)F. The number of nitrogens with one attached hydrogen (secondary N) is 1. The van der Waals surface area contributed by atoms with Crippen LogP contribution in [0.5, 0.6) is 0 Å². The number of carbonyl (C=O) groups excluding carboxylic acids is 1. The molecule has 0 atom stereocenters. The zero-order valence-corrected chi connectivity index (χ0v) is 8.52. The second-order valence-electron chi connectivity index (χ2n) is 3.14. The van der Waals surface area contributed by atoms with Crippen molar-refractivity contribution < 1.29 is 35.9 Å². The highest BCUT2D eigenvalue weighted by Gasteiger charge is 2.47. The van der Waals surface area contributed by atoms with Crippen LogP contribution in [0.15, 0.2) is 0 Å². The van der Waals surface area contributed by atoms with Gasteiger partial charge in [-0.2, -0.15) is 31.4 Å². The van der Waals surface area contributed by atoms with E-state index in [2.05, 4.69) is 9.84 Å². The van der Waals surface area contributed by atoms with Gasteiger partial charge in [-0.3, -0.25) is 9.89 Å². The Bertz CT molecular complexity index is 422. The van der Waals surface area contributed by atoms with Crippen LogP contribution in [0.4, 0.5) is 26.3 Å². The number of H-pyrrole nitrogens is 1. The Balaban J connectivity index is 3.12. The number of rotatable bonds is 4. The highest BCUT2D eigenvalue weighted by Crippen LogP contribution is 2.40. The number of hydrogen-bond donors (Lipinski definition) is 1. The lowest BCUT2D eigenvalue weighted by Crippen LogP contribution is -2.17. The Hall–Kier alpha value is -1.74. The molecule has 0 saturated carbocycles. The largest absolute Gasteiger partial charge is 0.467 e. The van der Waals surface area contributed by atoms with Crippen molar-refractivity contribution in [2.75, 3.05) is 6.61 Å². The first-order chi connectivity index (χ1) is 8.18. The summed E-state index contributed by atoms with van der Waals surface area (Å²) >= 11 is 0. The predicted molar refractivity (Wildman–Crippen MR) is 44.3 cm³/mol. The quantitative estimate of drug-likeness (QED) is 0.521. The van der Waals surface area contributed by atoms with E-state index in [4.69, 9.17) is 0 Å². The minimum absolute atomic E-state index is 0.0195. The number of alkyl halides is 6. The lowest BCUT2D eigenvalue weighted by molar-refractivity contribution is -0.164. The third-order valence-electron chi connectivity index (χ3n) is 1.93. The van der Waals surface area contributed by atoms with Crippen molar-refractivity contribution >= 4 is 6.47 Å². The molecule has 18 heavy (non-hydrogen) atoms. The lowest BCUT2D eigenvalue weighted by Gasteiger charge is -2.11. The number of aromatic amines is 1. The average molecular weight is 276 g/mol. The van der Waals surface area contributed by atoms with Gasteiger partial charge in [0.25, 0.3) is 6.47 Å². The summed E-state index contributed by atoms with van der Waals surface area (Å²) in [5.41, 5.74) is -4.70. The highest BCUT2D eigenvalue weighted by molar-refractivity contribution is 5.37. The maximum absolute atomic E-state index is 12.5. The second-order valence-corrected chi connectivity index (χ2v) is 3.14. The van der Waals surface area contributed by atoms with Gasteiger partial charge < -0.3 is 4.74 Å². The topological polar surface area (TPSA) is 55.0 Å². The summed E-state index contributed by atoms with van der Waals surface area (Å²) in [5, 5.41) is 4.28. The molecule has 0 aliphatic carbocycles. The molecule has 1 aromatic heterocycles. The van der Waals surface area contributed by atoms with Crippen LogP contribution < -0.4 is 0 Å². The van der Waals surface area contributed by atoms with Gasteiger partial charge in [-0.1, -0.05) is 0 Å². The van der Waals surface area contributed by atoms with Gasteiger partial charge in [-0.25, -0.2) is 0 Å². The zero-order valence-electron chi connectivity index (χ0n) is 8.52. The molecule has 0 aliphatic heterocycles. The van der Waals surface area contributed by atoms with E-state index in [0.717, 1.165) is 0 Å². The molecular weight excluding hydrogens is 270 g/mol. The standard InChI is InChI=1S/C8H6F6N2O2/c9-7(10,11)5-4(1-2-18-3-17)15-16-6(5)8(12,13)14/h3H,1-2H2,(H,15,16). The molecule has 1 N–H and O–H groups in total. The summed E-state index contributed by atoms with van der Waals surface area (Å²) < 4.78 is 78.6. The molecule has 0 spiro atoms. The molecular formula is C8H6F6N2O2. The molecule has 1 aromatic rings. The minimum Gasteiger partial charge on any atom is -0.467 e. The maximum Gasteiger partial charge on any atom is 0.435 e. The number of hydrogen-bond acceptors (Lipinski definition) is 3. The Kier molecular flexibility index (Phi) is 3.87. The molecule has 0 amide bonds. The van der Waals surface area contributed by atoms with Crippen LogP contribution in [0.25, 0.3) is 0 Å². The molecule has 1 heterocycles. The second kappa shape index (κ2) is 4.86. The fraction of sp³-hybridized carbons (Fsp3) is 0.500. The van der Waals surface area contributed by atoms with Crippen LogP contribution in [0.1, 0.15) is 17.0 Å². The molecule has 1 rings (SSSR count). The Labute approximate surface area is 95.9 Å². The van der Waals surface area contributed by atoms with Gasteiger partial charge in [-0.15, -0.1) is 0 Å². The van der Waals surface area contributed by atoms with Crippen LogP contribution in [0.2, 0.25) is 0 Å². The first-order valence-electron chi connectivity index (χ1n) is 4.44. The average Bonchev–Trinajstić information content (AvgIpc) is 2.60. The molecule has 0 radical (unpaired) electrons. The summed E-state index contributed by atoms with van der Waals surface area (Å²) in [7, 11) is 0. The van der Waals surface area contributed by atoms with Crippen molar-refractivity contribution in [2.24, 2.45) is 0 Å².